The molecule has 1 aliphatic heterocycles. The Balaban J connectivity index is 2.28. The molecule has 3 nitrogen and oxygen atoms in total. The van der Waals surface area contributed by atoms with Crippen molar-refractivity contribution in [2.24, 2.45) is 0 Å². The van der Waals surface area contributed by atoms with Crippen LogP contribution in [-0.2, 0) is 6.54 Å². The van der Waals surface area contributed by atoms with E-state index >= 15 is 0 Å². The summed E-state index contributed by atoms with van der Waals surface area (Å²) >= 11 is 0. The predicted molar refractivity (Wildman–Crippen MR) is 59.8 cm³/mol. The standard InChI is InChI=1S/C12H18N2O/c1-3-10(2)14-9-5-8-13-7-4-6-11(13)12(14)15/h4,6-7,10H,3,5,8-9H2,1-2H3. The van der Waals surface area contributed by atoms with E-state index in [1.165, 1.54) is 0 Å². The van der Waals surface area contributed by atoms with E-state index in [1.807, 2.05) is 23.2 Å². The summed E-state index contributed by atoms with van der Waals surface area (Å²) in [4.78, 5) is 14.2. The van der Waals surface area contributed by atoms with Crippen LogP contribution in [0.4, 0.5) is 0 Å². The summed E-state index contributed by atoms with van der Waals surface area (Å²) in [7, 11) is 0. The molecule has 1 aromatic rings. The van der Waals surface area contributed by atoms with Crippen molar-refractivity contribution in [1.82, 2.24) is 9.47 Å². The summed E-state index contributed by atoms with van der Waals surface area (Å²) in [5, 5.41) is 0. The molecule has 3 heteroatoms. The number of carbonyl (C=O) groups excluding carboxylic acids is 1. The lowest BCUT2D eigenvalue weighted by atomic mass is 10.2. The van der Waals surface area contributed by atoms with Crippen molar-refractivity contribution < 1.29 is 4.79 Å². The van der Waals surface area contributed by atoms with Crippen molar-refractivity contribution in [2.45, 2.75) is 39.3 Å². The van der Waals surface area contributed by atoms with Crippen LogP contribution < -0.4 is 0 Å². The molecule has 1 amide bonds. The molecule has 2 heterocycles. The highest BCUT2D eigenvalue weighted by atomic mass is 16.2. The van der Waals surface area contributed by atoms with Crippen molar-refractivity contribution in [2.75, 3.05) is 6.54 Å². The number of hydrogen-bond donors (Lipinski definition) is 0. The smallest absolute Gasteiger partial charge is 0.270 e. The molecular formula is C12H18N2O. The number of aryl methyl sites for hydroxylation is 1. The molecule has 82 valence electrons. The Kier molecular flexibility index (Phi) is 2.80. The molecule has 1 atom stereocenters. The number of carbonyl (C=O) groups is 1. The lowest BCUT2D eigenvalue weighted by Gasteiger charge is -2.26. The highest BCUT2D eigenvalue weighted by molar-refractivity contribution is 5.93. The van der Waals surface area contributed by atoms with Gasteiger partial charge < -0.3 is 9.47 Å². The Morgan fingerprint density at radius 3 is 3.00 bits per heavy atom. The first kappa shape index (κ1) is 10.3. The first-order valence-electron chi connectivity index (χ1n) is 5.70. The molecule has 0 aromatic carbocycles. The van der Waals surface area contributed by atoms with Crippen LogP contribution in [0.2, 0.25) is 0 Å². The monoisotopic (exact) mass is 206 g/mol. The minimum atomic E-state index is 0.187. The molecule has 15 heavy (non-hydrogen) atoms. The quantitative estimate of drug-likeness (QED) is 0.727. The molecule has 1 unspecified atom stereocenters. The molecule has 0 spiro atoms. The van der Waals surface area contributed by atoms with Crippen LogP contribution in [0.3, 0.4) is 0 Å². The van der Waals surface area contributed by atoms with Gasteiger partial charge in [0, 0.05) is 25.3 Å². The number of aromatic nitrogens is 1. The molecule has 1 aliphatic rings. The van der Waals surface area contributed by atoms with Gasteiger partial charge in [0.1, 0.15) is 5.69 Å². The average Bonchev–Trinajstić information content (AvgIpc) is 2.65. The Bertz CT molecular complexity index is 356. The van der Waals surface area contributed by atoms with Crippen LogP contribution in [0.1, 0.15) is 37.2 Å². The van der Waals surface area contributed by atoms with Gasteiger partial charge in [-0.05, 0) is 31.9 Å². The molecule has 0 saturated heterocycles. The summed E-state index contributed by atoms with van der Waals surface area (Å²) in [6.45, 7) is 6.09. The van der Waals surface area contributed by atoms with E-state index in [0.717, 1.165) is 31.6 Å². The molecule has 1 aromatic heterocycles. The Labute approximate surface area is 90.7 Å². The third kappa shape index (κ3) is 1.78. The van der Waals surface area contributed by atoms with Crippen LogP contribution in [-0.4, -0.2) is 28.0 Å². The molecule has 0 radical (unpaired) electrons. The van der Waals surface area contributed by atoms with Gasteiger partial charge in [-0.3, -0.25) is 4.79 Å². The third-order valence-electron chi connectivity index (χ3n) is 3.23. The maximum Gasteiger partial charge on any atom is 0.270 e. The van der Waals surface area contributed by atoms with Crippen LogP contribution in [0.15, 0.2) is 18.3 Å². The topological polar surface area (TPSA) is 25.2 Å². The zero-order valence-electron chi connectivity index (χ0n) is 9.44. The fourth-order valence-electron chi connectivity index (χ4n) is 2.10. The zero-order valence-corrected chi connectivity index (χ0v) is 9.44. The first-order chi connectivity index (χ1) is 7.24. The molecule has 0 fully saturated rings. The SMILES string of the molecule is CCC(C)N1CCCn2cccc2C1=O. The van der Waals surface area contributed by atoms with Gasteiger partial charge in [0.15, 0.2) is 0 Å². The van der Waals surface area contributed by atoms with E-state index in [4.69, 9.17) is 0 Å². The molecule has 0 bridgehead atoms. The van der Waals surface area contributed by atoms with Crippen molar-refractivity contribution >= 4 is 5.91 Å². The van der Waals surface area contributed by atoms with Crippen LogP contribution in [0, 0.1) is 0 Å². The first-order valence-corrected chi connectivity index (χ1v) is 5.70. The van der Waals surface area contributed by atoms with Crippen LogP contribution >= 0.6 is 0 Å². The Morgan fingerprint density at radius 1 is 1.47 bits per heavy atom. The van der Waals surface area contributed by atoms with Gasteiger partial charge in [0.25, 0.3) is 5.91 Å². The van der Waals surface area contributed by atoms with Gasteiger partial charge in [-0.1, -0.05) is 6.92 Å². The van der Waals surface area contributed by atoms with E-state index in [9.17, 15) is 4.79 Å². The van der Waals surface area contributed by atoms with E-state index < -0.39 is 0 Å². The normalized spacial score (nSPS) is 18.5. The van der Waals surface area contributed by atoms with Crippen LogP contribution in [0.25, 0.3) is 0 Å². The van der Waals surface area contributed by atoms with Gasteiger partial charge in [0.05, 0.1) is 0 Å². The van der Waals surface area contributed by atoms with Crippen LogP contribution in [0.5, 0.6) is 0 Å². The second kappa shape index (κ2) is 4.09. The Morgan fingerprint density at radius 2 is 2.27 bits per heavy atom. The lowest BCUT2D eigenvalue weighted by molar-refractivity contribution is 0.0692. The second-order valence-electron chi connectivity index (χ2n) is 4.20. The van der Waals surface area contributed by atoms with E-state index in [0.29, 0.717) is 6.04 Å². The predicted octanol–water partition coefficient (Wildman–Crippen LogP) is 2.13. The summed E-state index contributed by atoms with van der Waals surface area (Å²) < 4.78 is 2.06. The van der Waals surface area contributed by atoms with E-state index in [2.05, 4.69) is 18.4 Å². The van der Waals surface area contributed by atoms with Gasteiger partial charge in [-0.25, -0.2) is 0 Å². The maximum atomic E-state index is 12.2. The lowest BCUT2D eigenvalue weighted by Crippen LogP contribution is -2.38. The number of nitrogens with zero attached hydrogens (tertiary/aromatic N) is 2. The number of rotatable bonds is 2. The number of fused-ring (bicyclic) bond motifs is 1. The molecule has 0 saturated carbocycles. The van der Waals surface area contributed by atoms with Gasteiger partial charge >= 0.3 is 0 Å². The Hall–Kier alpha value is -1.25. The summed E-state index contributed by atoms with van der Waals surface area (Å²) in [6.07, 6.45) is 4.07. The average molecular weight is 206 g/mol. The zero-order chi connectivity index (χ0) is 10.8. The fraction of sp³-hybridized carbons (Fsp3) is 0.583. The van der Waals surface area contributed by atoms with Gasteiger partial charge in [-0.2, -0.15) is 0 Å². The van der Waals surface area contributed by atoms with Crippen molar-refractivity contribution in [3.63, 3.8) is 0 Å². The third-order valence-corrected chi connectivity index (χ3v) is 3.23. The molecular weight excluding hydrogens is 188 g/mol. The highest BCUT2D eigenvalue weighted by Crippen LogP contribution is 2.16. The van der Waals surface area contributed by atoms with E-state index in [1.54, 1.807) is 0 Å². The number of hydrogen-bond acceptors (Lipinski definition) is 1. The highest BCUT2D eigenvalue weighted by Gasteiger charge is 2.24. The van der Waals surface area contributed by atoms with Gasteiger partial charge in [-0.15, -0.1) is 0 Å². The van der Waals surface area contributed by atoms with Crippen molar-refractivity contribution in [1.29, 1.82) is 0 Å². The maximum absolute atomic E-state index is 12.2. The van der Waals surface area contributed by atoms with E-state index in [-0.39, 0.29) is 5.91 Å². The molecule has 2 rings (SSSR count). The molecule has 0 N–H and O–H groups in total. The van der Waals surface area contributed by atoms with Crippen molar-refractivity contribution in [3.8, 4) is 0 Å². The summed E-state index contributed by atoms with van der Waals surface area (Å²) in [6, 6.07) is 4.22. The fourth-order valence-corrected chi connectivity index (χ4v) is 2.10. The minimum absolute atomic E-state index is 0.187. The minimum Gasteiger partial charge on any atom is -0.343 e. The second-order valence-corrected chi connectivity index (χ2v) is 4.20. The van der Waals surface area contributed by atoms with Crippen molar-refractivity contribution in [3.05, 3.63) is 24.0 Å². The number of amides is 1. The van der Waals surface area contributed by atoms with Gasteiger partial charge in [0.2, 0.25) is 0 Å². The molecule has 0 aliphatic carbocycles. The summed E-state index contributed by atoms with van der Waals surface area (Å²) in [5.74, 6) is 0.187. The summed E-state index contributed by atoms with van der Waals surface area (Å²) in [5.41, 5.74) is 0.841. The largest absolute Gasteiger partial charge is 0.343 e.